The van der Waals surface area contributed by atoms with Crippen LogP contribution in [0, 0.1) is 73.6 Å². The number of rotatable bonds is 8. The summed E-state index contributed by atoms with van der Waals surface area (Å²) in [6.45, 7) is 7.63. The number of benzene rings is 10. The lowest BCUT2D eigenvalue weighted by molar-refractivity contribution is 0.585. The largest absolute Gasteiger partial charge is 0.307 e. The number of hydrogen-bond acceptors (Lipinski definition) is 4. The quantitative estimate of drug-likeness (QED) is 0.113. The topological polar surface area (TPSA) is 54.1 Å². The van der Waals surface area contributed by atoms with Gasteiger partial charge in [0.1, 0.15) is 23.3 Å². The maximum atomic E-state index is 16.6. The van der Waals surface area contributed by atoms with Gasteiger partial charge in [0.05, 0.1) is 46.0 Å². The van der Waals surface area contributed by atoms with Crippen molar-refractivity contribution in [2.75, 3.05) is 9.80 Å². The van der Waals surface area contributed by atoms with E-state index in [1.165, 1.54) is 0 Å². The molecule has 0 aliphatic carbocycles. The van der Waals surface area contributed by atoms with Gasteiger partial charge in [-0.3, -0.25) is 0 Å². The second-order valence-corrected chi connectivity index (χ2v) is 16.8. The first kappa shape index (κ1) is 41.5. The zero-order valence-electron chi connectivity index (χ0n) is 36.3. The number of nitriles is 2. The fraction of sp³-hybridized carbons (Fsp3) is 0.0690. The van der Waals surface area contributed by atoms with E-state index in [1.54, 1.807) is 70.5 Å². The van der Waals surface area contributed by atoms with Gasteiger partial charge in [0.25, 0.3) is 0 Å². The molecule has 0 aliphatic rings. The third-order valence-electron chi connectivity index (χ3n) is 12.5. The average Bonchev–Trinajstić information content (AvgIpc) is 3.32. The molecule has 0 atom stereocenters. The molecule has 0 spiro atoms. The molecule has 10 rings (SSSR count). The Bertz CT molecular complexity index is 3420. The molecule has 0 heterocycles. The molecule has 4 nitrogen and oxygen atoms in total. The first-order valence-corrected chi connectivity index (χ1v) is 21.4. The molecule has 0 amide bonds. The smallest absolute Gasteiger partial charge is 0.150 e. The normalized spacial score (nSPS) is 11.3. The fourth-order valence-corrected chi connectivity index (χ4v) is 9.23. The molecule has 66 heavy (non-hydrogen) atoms. The maximum absolute atomic E-state index is 16.6. The summed E-state index contributed by atoms with van der Waals surface area (Å²) in [4.78, 5) is 3.51. The zero-order valence-corrected chi connectivity index (χ0v) is 36.3. The highest BCUT2D eigenvalue weighted by molar-refractivity contribution is 6.28. The van der Waals surface area contributed by atoms with Crippen molar-refractivity contribution in [1.82, 2.24) is 0 Å². The highest BCUT2D eigenvalue weighted by atomic mass is 19.1. The number of hydrogen-bond donors (Lipinski definition) is 0. The first-order valence-electron chi connectivity index (χ1n) is 21.4. The van der Waals surface area contributed by atoms with E-state index in [4.69, 9.17) is 0 Å². The number of anilines is 6. The van der Waals surface area contributed by atoms with Crippen molar-refractivity contribution in [3.63, 3.8) is 0 Å². The first-order chi connectivity index (χ1) is 31.9. The van der Waals surface area contributed by atoms with Crippen LogP contribution in [0.1, 0.15) is 33.4 Å². The highest BCUT2D eigenvalue weighted by Gasteiger charge is 2.27. The Morgan fingerprint density at radius 2 is 0.742 bits per heavy atom. The Balaban J connectivity index is 1.24. The third kappa shape index (κ3) is 7.01. The second-order valence-electron chi connectivity index (χ2n) is 16.8. The minimum atomic E-state index is -0.779. The molecule has 318 valence electrons. The molecule has 0 saturated carbocycles. The summed E-state index contributed by atoms with van der Waals surface area (Å²) in [7, 11) is 0. The minimum absolute atomic E-state index is 0.103. The molecule has 0 N–H and O–H groups in total. The van der Waals surface area contributed by atoms with Crippen LogP contribution in [-0.2, 0) is 0 Å². The lowest BCUT2D eigenvalue weighted by Gasteiger charge is -2.30. The molecule has 0 radical (unpaired) electrons. The Labute approximate surface area is 379 Å². The van der Waals surface area contributed by atoms with Gasteiger partial charge in [-0.05, 0) is 144 Å². The van der Waals surface area contributed by atoms with E-state index in [-0.39, 0.29) is 22.5 Å². The van der Waals surface area contributed by atoms with Crippen LogP contribution in [0.5, 0.6) is 0 Å². The Morgan fingerprint density at radius 3 is 1.12 bits per heavy atom. The van der Waals surface area contributed by atoms with Gasteiger partial charge in [-0.2, -0.15) is 10.5 Å². The van der Waals surface area contributed by atoms with Gasteiger partial charge < -0.3 is 9.80 Å². The van der Waals surface area contributed by atoms with Crippen LogP contribution in [0.15, 0.2) is 158 Å². The summed E-state index contributed by atoms with van der Waals surface area (Å²) in [6, 6.07) is 50.0. The van der Waals surface area contributed by atoms with Crippen molar-refractivity contribution in [2.45, 2.75) is 27.7 Å². The van der Waals surface area contributed by atoms with Crippen LogP contribution in [0.4, 0.5) is 51.7 Å². The molecular weight excluding hydrogens is 829 g/mol. The molecular formula is C58H38F4N4. The number of aryl methyl sites for hydroxylation is 4. The fourth-order valence-electron chi connectivity index (χ4n) is 9.23. The van der Waals surface area contributed by atoms with Crippen molar-refractivity contribution in [2.24, 2.45) is 0 Å². The Kier molecular flexibility index (Phi) is 10.2. The molecule has 0 fully saturated rings. The van der Waals surface area contributed by atoms with E-state index < -0.39 is 23.3 Å². The van der Waals surface area contributed by atoms with Crippen molar-refractivity contribution in [3.05, 3.63) is 214 Å². The predicted molar refractivity (Wildman–Crippen MR) is 259 cm³/mol. The molecule has 10 aromatic rings. The summed E-state index contributed by atoms with van der Waals surface area (Å²) < 4.78 is 65.1. The van der Waals surface area contributed by atoms with Gasteiger partial charge in [0, 0.05) is 45.4 Å². The van der Waals surface area contributed by atoms with Crippen LogP contribution in [-0.4, -0.2) is 0 Å². The van der Waals surface area contributed by atoms with Crippen molar-refractivity contribution >= 4 is 66.4 Å². The van der Waals surface area contributed by atoms with Gasteiger partial charge in [0.2, 0.25) is 0 Å². The summed E-state index contributed by atoms with van der Waals surface area (Å²) >= 11 is 0. The summed E-state index contributed by atoms with van der Waals surface area (Å²) in [5, 5.41) is 24.4. The monoisotopic (exact) mass is 866 g/mol. The molecule has 0 bridgehead atoms. The van der Waals surface area contributed by atoms with Gasteiger partial charge in [0.15, 0.2) is 0 Å². The van der Waals surface area contributed by atoms with Gasteiger partial charge in [-0.15, -0.1) is 0 Å². The SMILES string of the molecule is Cc1ccc(C)c(-c2cc(N(c3ccc(C#N)cc3)c3ccc4ccc5c(N(c6ccc(C#N)cc6)c6cc(-c7cc(C)ccc7C)c(F)cc6F)ccc6ccc3c4c65)c(F)cc2F)c1. The van der Waals surface area contributed by atoms with Gasteiger partial charge in [-0.25, -0.2) is 17.6 Å². The van der Waals surface area contributed by atoms with E-state index in [0.717, 1.165) is 66.7 Å². The van der Waals surface area contributed by atoms with Crippen LogP contribution < -0.4 is 9.80 Å². The molecule has 0 unspecified atom stereocenters. The van der Waals surface area contributed by atoms with Crippen molar-refractivity contribution < 1.29 is 17.6 Å². The Morgan fingerprint density at radius 1 is 0.364 bits per heavy atom. The van der Waals surface area contributed by atoms with E-state index >= 15 is 17.6 Å². The Hall–Kier alpha value is -8.46. The van der Waals surface area contributed by atoms with Crippen LogP contribution in [0.2, 0.25) is 0 Å². The lowest BCUT2D eigenvalue weighted by Crippen LogP contribution is -2.14. The molecule has 8 heteroatoms. The van der Waals surface area contributed by atoms with E-state index in [9.17, 15) is 10.5 Å². The predicted octanol–water partition coefficient (Wildman–Crippen LogP) is 16.4. The lowest BCUT2D eigenvalue weighted by atomic mass is 9.91. The zero-order chi connectivity index (χ0) is 46.0. The summed E-state index contributed by atoms with van der Waals surface area (Å²) in [5.41, 5.74) is 8.60. The number of nitrogens with zero attached hydrogens (tertiary/aromatic N) is 4. The summed E-state index contributed by atoms with van der Waals surface area (Å²) in [5.74, 6) is -2.95. The summed E-state index contributed by atoms with van der Waals surface area (Å²) in [6.07, 6.45) is 0. The van der Waals surface area contributed by atoms with Crippen LogP contribution in [0.3, 0.4) is 0 Å². The van der Waals surface area contributed by atoms with E-state index in [0.29, 0.717) is 45.0 Å². The average molecular weight is 867 g/mol. The maximum Gasteiger partial charge on any atom is 0.150 e. The molecule has 0 aromatic heterocycles. The van der Waals surface area contributed by atoms with Gasteiger partial charge >= 0.3 is 0 Å². The van der Waals surface area contributed by atoms with Crippen LogP contribution in [0.25, 0.3) is 54.6 Å². The van der Waals surface area contributed by atoms with E-state index in [1.807, 2.05) is 113 Å². The third-order valence-corrected chi connectivity index (χ3v) is 12.5. The number of halogens is 4. The van der Waals surface area contributed by atoms with E-state index in [2.05, 4.69) is 12.1 Å². The van der Waals surface area contributed by atoms with Crippen molar-refractivity contribution in [1.29, 1.82) is 10.5 Å². The molecule has 0 aliphatic heterocycles. The molecule has 0 saturated heterocycles. The van der Waals surface area contributed by atoms with Crippen molar-refractivity contribution in [3.8, 4) is 34.4 Å². The second kappa shape index (κ2) is 16.3. The highest BCUT2D eigenvalue weighted by Crippen LogP contribution is 2.49. The standard InChI is InChI=1S/C58H38F4N4/c1-33-5-7-35(3)45(25-33)47-27-55(51(61)29-49(47)59)65(41-17-9-37(31-63)10-18-41)53-23-15-39-14-22-44-54(24-16-40-13-21-43(53)57(39)58(40)44)66(42-19-11-38(32-64)12-20-42)56-28-48(50(60)30-52(56)62)46-26-34(2)6-8-36(46)4/h5-30H,1-4H3. The van der Waals surface area contributed by atoms with Gasteiger partial charge in [-0.1, -0.05) is 83.9 Å². The minimum Gasteiger partial charge on any atom is -0.307 e. The van der Waals surface area contributed by atoms with Crippen LogP contribution >= 0.6 is 0 Å². The molecule has 10 aromatic carbocycles.